The molecular formula is C29H24F3N3O3S. The van der Waals surface area contributed by atoms with Crippen molar-refractivity contribution < 1.29 is 26.4 Å². The number of anilines is 2. The van der Waals surface area contributed by atoms with Crippen LogP contribution in [0.4, 0.5) is 24.5 Å². The van der Waals surface area contributed by atoms with E-state index in [1.807, 2.05) is 0 Å². The van der Waals surface area contributed by atoms with Crippen LogP contribution in [0.1, 0.15) is 16.7 Å². The number of hydrogen-bond donors (Lipinski definition) is 2. The number of hydrogen-bond acceptors (Lipinski definition) is 4. The molecule has 1 aliphatic rings. The van der Waals surface area contributed by atoms with E-state index in [0.29, 0.717) is 33.6 Å². The van der Waals surface area contributed by atoms with E-state index in [-0.39, 0.29) is 17.9 Å². The van der Waals surface area contributed by atoms with Gasteiger partial charge in [-0.15, -0.1) is 0 Å². The maximum absolute atomic E-state index is 13.9. The summed E-state index contributed by atoms with van der Waals surface area (Å²) < 4.78 is 68.3. The molecule has 4 aromatic rings. The second-order valence-corrected chi connectivity index (χ2v) is 11.0. The lowest BCUT2D eigenvalue weighted by Gasteiger charge is -2.26. The van der Waals surface area contributed by atoms with Crippen molar-refractivity contribution >= 4 is 27.3 Å². The lowest BCUT2D eigenvalue weighted by atomic mass is 10.0. The van der Waals surface area contributed by atoms with E-state index in [4.69, 9.17) is 5.73 Å². The van der Waals surface area contributed by atoms with Gasteiger partial charge in [0.15, 0.2) is 0 Å². The van der Waals surface area contributed by atoms with Crippen LogP contribution in [-0.4, -0.2) is 20.4 Å². The number of nitrogens with zero attached hydrogens (tertiary/aromatic N) is 1. The molecule has 0 aliphatic carbocycles. The zero-order chi connectivity index (χ0) is 27.8. The van der Waals surface area contributed by atoms with Gasteiger partial charge in [0.05, 0.1) is 16.1 Å². The Morgan fingerprint density at radius 1 is 0.897 bits per heavy atom. The summed E-state index contributed by atoms with van der Waals surface area (Å²) in [5, 5.41) is 2.80. The van der Waals surface area contributed by atoms with Crippen LogP contribution < -0.4 is 15.4 Å². The van der Waals surface area contributed by atoms with Crippen molar-refractivity contribution in [3.05, 3.63) is 114 Å². The van der Waals surface area contributed by atoms with E-state index in [1.54, 1.807) is 48.5 Å². The number of halogens is 3. The van der Waals surface area contributed by atoms with Crippen LogP contribution in [0.2, 0.25) is 0 Å². The molecule has 0 saturated heterocycles. The molecule has 0 radical (unpaired) electrons. The highest BCUT2D eigenvalue weighted by atomic mass is 32.2. The number of benzene rings is 4. The van der Waals surface area contributed by atoms with Crippen LogP contribution >= 0.6 is 0 Å². The van der Waals surface area contributed by atoms with E-state index in [0.717, 1.165) is 16.4 Å². The van der Waals surface area contributed by atoms with Crippen molar-refractivity contribution in [3.8, 4) is 11.1 Å². The van der Waals surface area contributed by atoms with Crippen LogP contribution in [0.15, 0.2) is 102 Å². The Bertz CT molecular complexity index is 1640. The predicted octanol–water partition coefficient (Wildman–Crippen LogP) is 5.39. The molecule has 0 bridgehead atoms. The lowest BCUT2D eigenvalue weighted by molar-refractivity contribution is -0.137. The SMILES string of the molecule is Nc1ccccc1CNC(=O)[C@@H]1Cc2ccccc2N1S(=O)(=O)c1ccc(-c2cccc(C(F)(F)F)c2)cc1. The molecule has 10 heteroatoms. The van der Waals surface area contributed by atoms with Gasteiger partial charge in [-0.25, -0.2) is 8.42 Å². The second-order valence-electron chi connectivity index (χ2n) is 9.17. The van der Waals surface area contributed by atoms with Crippen molar-refractivity contribution in [3.63, 3.8) is 0 Å². The van der Waals surface area contributed by atoms with Crippen molar-refractivity contribution in [1.29, 1.82) is 0 Å². The predicted molar refractivity (Wildman–Crippen MR) is 143 cm³/mol. The van der Waals surface area contributed by atoms with Crippen LogP contribution in [0.5, 0.6) is 0 Å². The third kappa shape index (κ3) is 5.20. The van der Waals surface area contributed by atoms with Crippen molar-refractivity contribution in [2.45, 2.75) is 30.1 Å². The number of nitrogens with one attached hydrogen (secondary N) is 1. The van der Waals surface area contributed by atoms with Crippen LogP contribution in [0.3, 0.4) is 0 Å². The molecule has 1 atom stereocenters. The monoisotopic (exact) mass is 551 g/mol. The topological polar surface area (TPSA) is 92.5 Å². The van der Waals surface area contributed by atoms with Crippen LogP contribution in [0, 0.1) is 0 Å². The first-order valence-electron chi connectivity index (χ1n) is 12.1. The quantitative estimate of drug-likeness (QED) is 0.314. The third-order valence-electron chi connectivity index (χ3n) is 6.67. The van der Waals surface area contributed by atoms with Crippen LogP contribution in [-0.2, 0) is 34.0 Å². The summed E-state index contributed by atoms with van der Waals surface area (Å²) in [4.78, 5) is 13.2. The molecule has 0 aromatic heterocycles. The number of carbonyl (C=O) groups is 1. The number of sulfonamides is 1. The number of rotatable bonds is 6. The largest absolute Gasteiger partial charge is 0.416 e. The number of alkyl halides is 3. The Morgan fingerprint density at radius 2 is 1.59 bits per heavy atom. The summed E-state index contributed by atoms with van der Waals surface area (Å²) in [7, 11) is -4.20. The molecule has 39 heavy (non-hydrogen) atoms. The van der Waals surface area contributed by atoms with Gasteiger partial charge in [-0.3, -0.25) is 9.10 Å². The maximum atomic E-state index is 13.9. The molecule has 5 rings (SSSR count). The molecular weight excluding hydrogens is 527 g/mol. The summed E-state index contributed by atoms with van der Waals surface area (Å²) >= 11 is 0. The molecule has 1 heterocycles. The molecule has 0 saturated carbocycles. The fourth-order valence-corrected chi connectivity index (χ4v) is 6.31. The Kier molecular flexibility index (Phi) is 6.82. The van der Waals surface area contributed by atoms with Gasteiger partial charge in [-0.05, 0) is 58.7 Å². The van der Waals surface area contributed by atoms with Gasteiger partial charge in [-0.1, -0.05) is 60.7 Å². The van der Waals surface area contributed by atoms with Crippen molar-refractivity contribution in [1.82, 2.24) is 5.32 Å². The van der Waals surface area contributed by atoms with Gasteiger partial charge in [0.2, 0.25) is 5.91 Å². The lowest BCUT2D eigenvalue weighted by Crippen LogP contribution is -2.47. The highest BCUT2D eigenvalue weighted by Crippen LogP contribution is 2.38. The zero-order valence-electron chi connectivity index (χ0n) is 20.5. The smallest absolute Gasteiger partial charge is 0.398 e. The van der Waals surface area contributed by atoms with Crippen LogP contribution in [0.25, 0.3) is 11.1 Å². The van der Waals surface area contributed by atoms with Crippen molar-refractivity contribution in [2.75, 3.05) is 10.0 Å². The summed E-state index contributed by atoms with van der Waals surface area (Å²) in [6, 6.07) is 23.3. The van der Waals surface area contributed by atoms with E-state index >= 15 is 0 Å². The fraction of sp³-hybridized carbons (Fsp3) is 0.138. The average Bonchev–Trinajstić information content (AvgIpc) is 3.33. The third-order valence-corrected chi connectivity index (χ3v) is 8.51. The molecule has 0 fully saturated rings. The van der Waals surface area contributed by atoms with Gasteiger partial charge in [0.1, 0.15) is 6.04 Å². The molecule has 6 nitrogen and oxygen atoms in total. The molecule has 200 valence electrons. The number of fused-ring (bicyclic) bond motifs is 1. The van der Waals surface area contributed by atoms with E-state index < -0.39 is 33.7 Å². The van der Waals surface area contributed by atoms with Gasteiger partial charge in [-0.2, -0.15) is 13.2 Å². The molecule has 4 aromatic carbocycles. The first kappa shape index (κ1) is 26.3. The van der Waals surface area contributed by atoms with E-state index in [9.17, 15) is 26.4 Å². The summed E-state index contributed by atoms with van der Waals surface area (Å²) in [5.74, 6) is -0.474. The minimum atomic E-state index is -4.50. The summed E-state index contributed by atoms with van der Waals surface area (Å²) in [5.41, 5.74) is 8.24. The maximum Gasteiger partial charge on any atom is 0.416 e. The normalized spacial score (nSPS) is 15.2. The fourth-order valence-electron chi connectivity index (χ4n) is 4.66. The second kappa shape index (κ2) is 10.1. The highest BCUT2D eigenvalue weighted by molar-refractivity contribution is 7.93. The first-order chi connectivity index (χ1) is 18.6. The zero-order valence-corrected chi connectivity index (χ0v) is 21.3. The number of carbonyl (C=O) groups excluding carboxylic acids is 1. The molecule has 0 spiro atoms. The number of nitrogen functional groups attached to an aromatic ring is 1. The standard InChI is InChI=1S/C29H24F3N3O3S/c30-29(31,32)23-9-5-8-20(16-23)19-12-14-24(15-13-19)39(37,38)35-26-11-4-2-6-21(26)17-27(35)28(36)34-18-22-7-1-3-10-25(22)33/h1-16,27H,17-18,33H2,(H,34,36)/t27-/m0/s1. The van der Waals surface area contributed by atoms with Gasteiger partial charge >= 0.3 is 6.18 Å². The van der Waals surface area contributed by atoms with E-state index in [1.165, 1.54) is 36.4 Å². The van der Waals surface area contributed by atoms with Gasteiger partial charge in [0.25, 0.3) is 10.0 Å². The summed E-state index contributed by atoms with van der Waals surface area (Å²) in [6.45, 7) is 0.137. The average molecular weight is 552 g/mol. The van der Waals surface area contributed by atoms with E-state index in [2.05, 4.69) is 5.32 Å². The number of amides is 1. The molecule has 1 aliphatic heterocycles. The number of nitrogens with two attached hydrogens (primary N) is 1. The van der Waals surface area contributed by atoms with Crippen molar-refractivity contribution in [2.24, 2.45) is 0 Å². The minimum absolute atomic E-state index is 0.0833. The Hall–Kier alpha value is -4.31. The van der Waals surface area contributed by atoms with Gasteiger partial charge < -0.3 is 11.1 Å². The summed E-state index contributed by atoms with van der Waals surface area (Å²) in [6.07, 6.45) is -4.31. The van der Waals surface area contributed by atoms with Gasteiger partial charge in [0, 0.05) is 18.7 Å². The molecule has 1 amide bonds. The Labute approximate surface area is 223 Å². The Balaban J connectivity index is 1.44. The molecule has 3 N–H and O–H groups in total. The first-order valence-corrected chi connectivity index (χ1v) is 13.5. The minimum Gasteiger partial charge on any atom is -0.398 e. The highest BCUT2D eigenvalue weighted by Gasteiger charge is 2.42. The molecule has 0 unspecified atom stereocenters. The number of para-hydroxylation sites is 2. The Morgan fingerprint density at radius 3 is 2.31 bits per heavy atom.